The van der Waals surface area contributed by atoms with Gasteiger partial charge in [-0.3, -0.25) is 14.9 Å². The maximum Gasteiger partial charge on any atom is 0.311 e. The number of nitro benzene ring substituents is 1. The lowest BCUT2D eigenvalue weighted by atomic mass is 9.95. The number of benzene rings is 2. The van der Waals surface area contributed by atoms with E-state index in [1.807, 2.05) is 30.3 Å². The number of carbonyl (C=O) groups excluding carboxylic acids is 1. The first-order valence-corrected chi connectivity index (χ1v) is 8.52. The molecule has 2 atom stereocenters. The average Bonchev–Trinajstić information content (AvgIpc) is 3.04. The van der Waals surface area contributed by atoms with Crippen LogP contribution in [-0.4, -0.2) is 41.5 Å². The third-order valence-electron chi connectivity index (χ3n) is 4.58. The SMILES string of the molecule is CCOc1ccc(C(=O)N2C[C@@H](N)[C@H](c3ccccc3)C2)cc1[N+](=O)[O-]. The Bertz CT molecular complexity index is 810. The Morgan fingerprint density at radius 2 is 2.00 bits per heavy atom. The summed E-state index contributed by atoms with van der Waals surface area (Å²) in [6.07, 6.45) is 0. The predicted molar refractivity (Wildman–Crippen MR) is 97.3 cm³/mol. The maximum absolute atomic E-state index is 12.8. The first-order chi connectivity index (χ1) is 12.5. The quantitative estimate of drug-likeness (QED) is 0.656. The third-order valence-corrected chi connectivity index (χ3v) is 4.58. The fourth-order valence-electron chi connectivity index (χ4n) is 3.30. The number of hydrogen-bond acceptors (Lipinski definition) is 5. The molecule has 26 heavy (non-hydrogen) atoms. The fourth-order valence-corrected chi connectivity index (χ4v) is 3.30. The van der Waals surface area contributed by atoms with Crippen molar-refractivity contribution in [3.63, 3.8) is 0 Å². The monoisotopic (exact) mass is 355 g/mol. The van der Waals surface area contributed by atoms with Crippen molar-refractivity contribution in [2.24, 2.45) is 5.73 Å². The van der Waals surface area contributed by atoms with E-state index in [2.05, 4.69) is 0 Å². The van der Waals surface area contributed by atoms with Gasteiger partial charge < -0.3 is 15.4 Å². The lowest BCUT2D eigenvalue weighted by molar-refractivity contribution is -0.385. The Hall–Kier alpha value is -2.93. The number of likely N-dealkylation sites (tertiary alicyclic amines) is 1. The summed E-state index contributed by atoms with van der Waals surface area (Å²) in [4.78, 5) is 25.2. The first kappa shape index (κ1) is 17.9. The number of nitro groups is 1. The minimum atomic E-state index is -0.537. The number of nitrogens with zero attached hydrogens (tertiary/aromatic N) is 2. The molecule has 1 aliphatic heterocycles. The molecule has 7 heteroatoms. The molecule has 1 saturated heterocycles. The van der Waals surface area contributed by atoms with Crippen molar-refractivity contribution in [3.05, 3.63) is 69.8 Å². The van der Waals surface area contributed by atoms with Crippen LogP contribution >= 0.6 is 0 Å². The van der Waals surface area contributed by atoms with E-state index in [-0.39, 0.29) is 34.9 Å². The molecule has 1 fully saturated rings. The van der Waals surface area contributed by atoms with Crippen LogP contribution in [0, 0.1) is 10.1 Å². The number of rotatable bonds is 5. The molecular weight excluding hydrogens is 334 g/mol. The van der Waals surface area contributed by atoms with Gasteiger partial charge in [-0.1, -0.05) is 30.3 Å². The number of ether oxygens (including phenoxy) is 1. The molecule has 1 heterocycles. The van der Waals surface area contributed by atoms with Gasteiger partial charge >= 0.3 is 5.69 Å². The molecule has 3 rings (SSSR count). The summed E-state index contributed by atoms with van der Waals surface area (Å²) in [5.74, 6) is -0.0443. The molecule has 0 aliphatic carbocycles. The van der Waals surface area contributed by atoms with Gasteiger partial charge in [-0.25, -0.2) is 0 Å². The molecule has 2 aromatic rings. The van der Waals surface area contributed by atoms with E-state index >= 15 is 0 Å². The summed E-state index contributed by atoms with van der Waals surface area (Å²) in [5, 5.41) is 11.3. The summed E-state index contributed by atoms with van der Waals surface area (Å²) in [6.45, 7) is 2.97. The molecule has 7 nitrogen and oxygen atoms in total. The molecule has 1 aliphatic rings. The van der Waals surface area contributed by atoms with Gasteiger partial charge in [0.25, 0.3) is 5.91 Å². The van der Waals surface area contributed by atoms with Crippen LogP contribution in [0.1, 0.15) is 28.8 Å². The number of carbonyl (C=O) groups is 1. The Kier molecular flexibility index (Phi) is 5.18. The van der Waals surface area contributed by atoms with Gasteiger partial charge in [0.05, 0.1) is 11.5 Å². The number of amides is 1. The van der Waals surface area contributed by atoms with Crippen LogP contribution in [0.2, 0.25) is 0 Å². The van der Waals surface area contributed by atoms with Crippen molar-refractivity contribution in [1.29, 1.82) is 0 Å². The molecule has 0 aromatic heterocycles. The number of hydrogen-bond donors (Lipinski definition) is 1. The lowest BCUT2D eigenvalue weighted by Crippen LogP contribution is -2.32. The second-order valence-corrected chi connectivity index (χ2v) is 6.26. The van der Waals surface area contributed by atoms with Crippen molar-refractivity contribution in [1.82, 2.24) is 4.90 Å². The van der Waals surface area contributed by atoms with Crippen LogP contribution in [0.25, 0.3) is 0 Å². The minimum Gasteiger partial charge on any atom is -0.487 e. The highest BCUT2D eigenvalue weighted by Crippen LogP contribution is 2.31. The van der Waals surface area contributed by atoms with Gasteiger partial charge in [0.2, 0.25) is 0 Å². The second kappa shape index (κ2) is 7.53. The smallest absolute Gasteiger partial charge is 0.311 e. The van der Waals surface area contributed by atoms with Gasteiger partial charge in [-0.15, -0.1) is 0 Å². The van der Waals surface area contributed by atoms with E-state index in [1.165, 1.54) is 12.1 Å². The zero-order valence-electron chi connectivity index (χ0n) is 14.5. The molecule has 1 amide bonds. The van der Waals surface area contributed by atoms with Crippen LogP contribution in [0.4, 0.5) is 5.69 Å². The summed E-state index contributed by atoms with van der Waals surface area (Å²) in [5.41, 5.74) is 7.38. The van der Waals surface area contributed by atoms with Gasteiger partial charge in [0.1, 0.15) is 0 Å². The van der Waals surface area contributed by atoms with Crippen molar-refractivity contribution < 1.29 is 14.5 Å². The fraction of sp³-hybridized carbons (Fsp3) is 0.316. The van der Waals surface area contributed by atoms with Gasteiger partial charge in [-0.2, -0.15) is 0 Å². The molecule has 2 N–H and O–H groups in total. The van der Waals surface area contributed by atoms with Crippen LogP contribution in [-0.2, 0) is 0 Å². The molecule has 0 bridgehead atoms. The number of nitrogens with two attached hydrogens (primary N) is 1. The highest BCUT2D eigenvalue weighted by molar-refractivity contribution is 5.95. The van der Waals surface area contributed by atoms with Gasteiger partial charge in [0.15, 0.2) is 5.75 Å². The van der Waals surface area contributed by atoms with Crippen molar-refractivity contribution in [2.75, 3.05) is 19.7 Å². The lowest BCUT2D eigenvalue weighted by Gasteiger charge is -2.17. The van der Waals surface area contributed by atoms with Gasteiger partial charge in [-0.05, 0) is 24.6 Å². The first-order valence-electron chi connectivity index (χ1n) is 8.52. The Labute approximate surface area is 151 Å². The molecular formula is C19H21N3O4. The Morgan fingerprint density at radius 3 is 2.65 bits per heavy atom. The highest BCUT2D eigenvalue weighted by atomic mass is 16.6. The predicted octanol–water partition coefficient (Wildman–Crippen LogP) is 2.56. The van der Waals surface area contributed by atoms with Crippen molar-refractivity contribution in [2.45, 2.75) is 18.9 Å². The molecule has 0 saturated carbocycles. The van der Waals surface area contributed by atoms with Crippen LogP contribution in [0.3, 0.4) is 0 Å². The highest BCUT2D eigenvalue weighted by Gasteiger charge is 2.34. The van der Waals surface area contributed by atoms with E-state index < -0.39 is 4.92 Å². The Balaban J connectivity index is 1.81. The maximum atomic E-state index is 12.8. The van der Waals surface area contributed by atoms with E-state index in [4.69, 9.17) is 10.5 Å². The molecule has 0 unspecified atom stereocenters. The average molecular weight is 355 g/mol. The van der Waals surface area contributed by atoms with Crippen LogP contribution in [0.5, 0.6) is 5.75 Å². The zero-order chi connectivity index (χ0) is 18.7. The third kappa shape index (κ3) is 3.52. The van der Waals surface area contributed by atoms with Gasteiger partial charge in [0, 0.05) is 36.7 Å². The van der Waals surface area contributed by atoms with Crippen molar-refractivity contribution in [3.8, 4) is 5.75 Å². The van der Waals surface area contributed by atoms with E-state index in [1.54, 1.807) is 17.9 Å². The van der Waals surface area contributed by atoms with E-state index in [0.717, 1.165) is 5.56 Å². The zero-order valence-corrected chi connectivity index (χ0v) is 14.5. The van der Waals surface area contributed by atoms with Crippen LogP contribution < -0.4 is 10.5 Å². The van der Waals surface area contributed by atoms with Crippen molar-refractivity contribution >= 4 is 11.6 Å². The molecule has 0 radical (unpaired) electrons. The normalized spacial score (nSPS) is 19.4. The van der Waals surface area contributed by atoms with Crippen LogP contribution in [0.15, 0.2) is 48.5 Å². The largest absolute Gasteiger partial charge is 0.487 e. The standard InChI is InChI=1S/C19H21N3O4/c1-2-26-18-9-8-14(10-17(18)22(24)25)19(23)21-11-15(16(20)12-21)13-6-4-3-5-7-13/h3-10,15-16H,2,11-12,20H2,1H3/t15-,16+/m0/s1. The second-order valence-electron chi connectivity index (χ2n) is 6.26. The molecule has 0 spiro atoms. The summed E-state index contributed by atoms with van der Waals surface area (Å²) in [6, 6.07) is 14.0. The topological polar surface area (TPSA) is 98.7 Å². The molecule has 136 valence electrons. The minimum absolute atomic E-state index is 0.0535. The summed E-state index contributed by atoms with van der Waals surface area (Å²) >= 11 is 0. The molecule has 2 aromatic carbocycles. The van der Waals surface area contributed by atoms with E-state index in [9.17, 15) is 14.9 Å². The Morgan fingerprint density at radius 1 is 1.27 bits per heavy atom. The summed E-state index contributed by atoms with van der Waals surface area (Å²) in [7, 11) is 0. The summed E-state index contributed by atoms with van der Waals surface area (Å²) < 4.78 is 5.26. The van der Waals surface area contributed by atoms with E-state index in [0.29, 0.717) is 19.7 Å².